The second-order valence-electron chi connectivity index (χ2n) is 7.62. The molecule has 6 atom stereocenters. The summed E-state index contributed by atoms with van der Waals surface area (Å²) in [5, 5.41) is 21.2. The first kappa shape index (κ1) is 14.3. The quantitative estimate of drug-likeness (QED) is 0.876. The van der Waals surface area contributed by atoms with E-state index in [4.69, 9.17) is 9.98 Å². The largest absolute Gasteiger partial charge is 0.481 e. The molecule has 1 unspecified atom stereocenters. The number of carboxylic acids is 1. The summed E-state index contributed by atoms with van der Waals surface area (Å²) >= 11 is 0. The van der Waals surface area contributed by atoms with Crippen LogP contribution in [-0.2, 0) is 10.2 Å². The molecule has 2 saturated carbocycles. The van der Waals surface area contributed by atoms with Crippen molar-refractivity contribution in [1.29, 1.82) is 0 Å². The first-order chi connectivity index (χ1) is 11.5. The van der Waals surface area contributed by atoms with Gasteiger partial charge < -0.3 is 10.2 Å². The Labute approximate surface area is 140 Å². The van der Waals surface area contributed by atoms with E-state index in [1.807, 2.05) is 37.4 Å². The van der Waals surface area contributed by atoms with Gasteiger partial charge in [0.1, 0.15) is 0 Å². The van der Waals surface area contributed by atoms with Gasteiger partial charge in [-0.2, -0.15) is 0 Å². The average Bonchev–Trinajstić information content (AvgIpc) is 2.89. The summed E-state index contributed by atoms with van der Waals surface area (Å²) in [7, 11) is 0. The summed E-state index contributed by atoms with van der Waals surface area (Å²) in [6.45, 7) is 2.03. The number of aliphatic carboxylic acids is 1. The molecular formula is C19H20N2O3. The Morgan fingerprint density at radius 2 is 2.17 bits per heavy atom. The molecule has 5 heteroatoms. The van der Waals surface area contributed by atoms with E-state index in [9.17, 15) is 15.0 Å². The number of carbonyl (C=O) groups is 1. The highest BCUT2D eigenvalue weighted by molar-refractivity contribution is 6.10. The van der Waals surface area contributed by atoms with Crippen LogP contribution in [0.1, 0.15) is 31.7 Å². The van der Waals surface area contributed by atoms with Gasteiger partial charge in [0.15, 0.2) is 0 Å². The fourth-order valence-corrected chi connectivity index (χ4v) is 5.97. The summed E-state index contributed by atoms with van der Waals surface area (Å²) in [6.07, 6.45) is 3.08. The zero-order chi connectivity index (χ0) is 16.7. The molecule has 1 aromatic carbocycles. The van der Waals surface area contributed by atoms with Gasteiger partial charge in [0.2, 0.25) is 0 Å². The molecule has 1 spiro atoms. The van der Waals surface area contributed by atoms with Crippen LogP contribution in [-0.4, -0.2) is 40.3 Å². The van der Waals surface area contributed by atoms with Gasteiger partial charge >= 0.3 is 5.97 Å². The molecule has 24 heavy (non-hydrogen) atoms. The SMILES string of the molecule is CC[C@@]12C=N[C@H]3CC1[C@@H](C(=O)O)[C@]1(C[C@H]2O)C3=Nc2ccccc21. The van der Waals surface area contributed by atoms with Crippen LogP contribution >= 0.6 is 0 Å². The van der Waals surface area contributed by atoms with E-state index in [0.717, 1.165) is 17.0 Å². The number of hydrogen-bond donors (Lipinski definition) is 2. The van der Waals surface area contributed by atoms with Crippen molar-refractivity contribution in [3.05, 3.63) is 29.8 Å². The molecule has 0 aromatic heterocycles. The Hall–Kier alpha value is -2.01. The summed E-state index contributed by atoms with van der Waals surface area (Å²) < 4.78 is 0. The second kappa shape index (κ2) is 4.33. The highest BCUT2D eigenvalue weighted by Crippen LogP contribution is 2.65. The second-order valence-corrected chi connectivity index (χ2v) is 7.62. The molecule has 0 saturated heterocycles. The lowest BCUT2D eigenvalue weighted by Crippen LogP contribution is -2.69. The molecule has 2 aliphatic heterocycles. The van der Waals surface area contributed by atoms with Crippen LogP contribution in [0.3, 0.4) is 0 Å². The van der Waals surface area contributed by atoms with Crippen molar-refractivity contribution in [3.63, 3.8) is 0 Å². The minimum Gasteiger partial charge on any atom is -0.481 e. The topological polar surface area (TPSA) is 82.2 Å². The number of aliphatic imine (C=N–C) groups is 2. The minimum atomic E-state index is -0.775. The van der Waals surface area contributed by atoms with E-state index < -0.39 is 28.8 Å². The van der Waals surface area contributed by atoms with Gasteiger partial charge in [0, 0.05) is 11.6 Å². The summed E-state index contributed by atoms with van der Waals surface area (Å²) in [6, 6.07) is 7.74. The van der Waals surface area contributed by atoms with E-state index in [1.165, 1.54) is 0 Å². The van der Waals surface area contributed by atoms with E-state index in [2.05, 4.69) is 0 Å². The molecule has 1 aromatic rings. The maximum Gasteiger partial charge on any atom is 0.308 e. The molecule has 3 bridgehead atoms. The third kappa shape index (κ3) is 1.35. The molecular weight excluding hydrogens is 304 g/mol. The van der Waals surface area contributed by atoms with Crippen LogP contribution in [0, 0.1) is 17.3 Å². The zero-order valence-corrected chi connectivity index (χ0v) is 13.5. The number of aliphatic hydroxyl groups is 1. The number of carboxylic acid groups (broad SMARTS) is 1. The molecule has 5 nitrogen and oxygen atoms in total. The standard InChI is InChI=1S/C19H20N2O3/c1-2-18-9-20-13-7-11(18)15(17(23)24)19(8-14(18)22)10-5-3-4-6-12(10)21-16(13)19/h3-6,9,11,13-15,22H,2,7-8H2,1H3,(H,23,24)/t11?,13-,14+,15-,18+,19+/m0/s1. The number of benzene rings is 1. The van der Waals surface area contributed by atoms with Crippen LogP contribution in [0.4, 0.5) is 5.69 Å². The zero-order valence-electron chi connectivity index (χ0n) is 13.5. The third-order valence-corrected chi connectivity index (χ3v) is 7.01. The van der Waals surface area contributed by atoms with Gasteiger partial charge in [0.05, 0.1) is 34.9 Å². The molecule has 0 amide bonds. The molecule has 124 valence electrons. The van der Waals surface area contributed by atoms with Gasteiger partial charge in [-0.3, -0.25) is 14.8 Å². The molecule has 0 radical (unpaired) electrons. The predicted octanol–water partition coefficient (Wildman–Crippen LogP) is 2.35. The van der Waals surface area contributed by atoms with Crippen LogP contribution in [0.5, 0.6) is 0 Å². The summed E-state index contributed by atoms with van der Waals surface area (Å²) in [4.78, 5) is 21.9. The summed E-state index contributed by atoms with van der Waals surface area (Å²) in [5.41, 5.74) is 1.44. The number of aliphatic hydroxyl groups excluding tert-OH is 1. The van der Waals surface area contributed by atoms with Crippen LogP contribution in [0.2, 0.25) is 0 Å². The van der Waals surface area contributed by atoms with E-state index in [-0.39, 0.29) is 12.0 Å². The number of nitrogens with zero attached hydrogens (tertiary/aromatic N) is 2. The van der Waals surface area contributed by atoms with Crippen LogP contribution in [0.15, 0.2) is 34.3 Å². The molecule has 4 aliphatic rings. The molecule has 2 fully saturated rings. The molecule has 2 aliphatic carbocycles. The Morgan fingerprint density at radius 1 is 1.38 bits per heavy atom. The third-order valence-electron chi connectivity index (χ3n) is 7.01. The molecule has 2 heterocycles. The lowest BCUT2D eigenvalue weighted by Gasteiger charge is -2.61. The molecule has 5 rings (SSSR count). The van der Waals surface area contributed by atoms with Crippen molar-refractivity contribution in [2.75, 3.05) is 0 Å². The van der Waals surface area contributed by atoms with Crippen molar-refractivity contribution >= 4 is 23.6 Å². The van der Waals surface area contributed by atoms with Crippen molar-refractivity contribution in [2.45, 2.75) is 43.7 Å². The minimum absolute atomic E-state index is 0.0508. The maximum atomic E-state index is 12.4. The maximum absolute atomic E-state index is 12.4. The van der Waals surface area contributed by atoms with Gasteiger partial charge in [-0.25, -0.2) is 0 Å². The Balaban J connectivity index is 1.84. The monoisotopic (exact) mass is 324 g/mol. The average molecular weight is 324 g/mol. The Morgan fingerprint density at radius 3 is 2.92 bits per heavy atom. The molecule has 2 N–H and O–H groups in total. The van der Waals surface area contributed by atoms with E-state index in [0.29, 0.717) is 19.3 Å². The number of hydrogen-bond acceptors (Lipinski definition) is 4. The van der Waals surface area contributed by atoms with E-state index in [1.54, 1.807) is 0 Å². The van der Waals surface area contributed by atoms with Gasteiger partial charge in [-0.15, -0.1) is 0 Å². The fourth-order valence-electron chi connectivity index (χ4n) is 5.97. The van der Waals surface area contributed by atoms with Crippen molar-refractivity contribution in [2.24, 2.45) is 27.2 Å². The lowest BCUT2D eigenvalue weighted by molar-refractivity contribution is -0.158. The van der Waals surface area contributed by atoms with Crippen molar-refractivity contribution in [3.8, 4) is 0 Å². The van der Waals surface area contributed by atoms with E-state index >= 15 is 0 Å². The Kier molecular flexibility index (Phi) is 2.59. The summed E-state index contributed by atoms with van der Waals surface area (Å²) in [5.74, 6) is -1.43. The first-order valence-corrected chi connectivity index (χ1v) is 8.68. The number of rotatable bonds is 2. The number of fused-ring (bicyclic) bond motifs is 3. The smallest absolute Gasteiger partial charge is 0.308 e. The lowest BCUT2D eigenvalue weighted by atomic mass is 9.42. The van der Waals surface area contributed by atoms with Gasteiger partial charge in [-0.1, -0.05) is 25.1 Å². The first-order valence-electron chi connectivity index (χ1n) is 8.68. The Bertz CT molecular complexity index is 817. The van der Waals surface area contributed by atoms with Gasteiger partial charge in [0.25, 0.3) is 0 Å². The predicted molar refractivity (Wildman–Crippen MR) is 90.1 cm³/mol. The fraction of sp³-hybridized carbons (Fsp3) is 0.526. The normalized spacial score (nSPS) is 44.0. The number of para-hydroxylation sites is 1. The van der Waals surface area contributed by atoms with Crippen molar-refractivity contribution < 1.29 is 15.0 Å². The van der Waals surface area contributed by atoms with Crippen LogP contribution < -0.4 is 0 Å². The highest BCUT2D eigenvalue weighted by Gasteiger charge is 2.70. The van der Waals surface area contributed by atoms with Crippen molar-refractivity contribution in [1.82, 2.24) is 0 Å². The van der Waals surface area contributed by atoms with Gasteiger partial charge in [-0.05, 0) is 36.8 Å². The highest BCUT2D eigenvalue weighted by atomic mass is 16.4. The van der Waals surface area contributed by atoms with Crippen LogP contribution in [0.25, 0.3) is 0 Å².